The van der Waals surface area contributed by atoms with Crippen molar-refractivity contribution in [3.63, 3.8) is 0 Å². The molecule has 0 radical (unpaired) electrons. The van der Waals surface area contributed by atoms with Crippen molar-refractivity contribution < 1.29 is 14.3 Å². The molecule has 0 saturated heterocycles. The van der Waals surface area contributed by atoms with Crippen LogP contribution in [0.3, 0.4) is 0 Å². The average Bonchev–Trinajstić information content (AvgIpc) is 2.39. The minimum absolute atomic E-state index is 0.314. The molecule has 0 fully saturated rings. The van der Waals surface area contributed by atoms with Gasteiger partial charge < -0.3 is 10.0 Å². The van der Waals surface area contributed by atoms with Crippen LogP contribution in [-0.4, -0.2) is 24.2 Å². The number of anilines is 1. The number of rotatable bonds is 7. The van der Waals surface area contributed by atoms with E-state index in [1.165, 1.54) is 12.1 Å². The van der Waals surface area contributed by atoms with E-state index in [1.807, 2.05) is 11.8 Å². The van der Waals surface area contributed by atoms with Gasteiger partial charge in [-0.3, -0.25) is 0 Å². The summed E-state index contributed by atoms with van der Waals surface area (Å²) < 4.78 is 14.0. The van der Waals surface area contributed by atoms with Gasteiger partial charge in [-0.15, -0.1) is 0 Å². The van der Waals surface area contributed by atoms with Crippen LogP contribution in [-0.2, 0) is 4.79 Å². The summed E-state index contributed by atoms with van der Waals surface area (Å²) in [6.07, 6.45) is 4.48. The molecule has 0 spiro atoms. The highest BCUT2D eigenvalue weighted by atomic mass is 19.1. The fourth-order valence-electron chi connectivity index (χ4n) is 1.85. The summed E-state index contributed by atoms with van der Waals surface area (Å²) in [5, 5.41) is 8.53. The standard InChI is InChI=1S/C15H20FNO2/c1-3-5-10-17(4-2)14-8-6-12(11-13(14)16)7-9-15(18)19/h6-9,11H,3-5,10H2,1-2H3,(H,18,19)/b9-7+. The molecule has 104 valence electrons. The summed E-state index contributed by atoms with van der Waals surface area (Å²) in [5.41, 5.74) is 1.12. The molecule has 0 saturated carbocycles. The third kappa shape index (κ3) is 4.73. The molecule has 1 N–H and O–H groups in total. The van der Waals surface area contributed by atoms with E-state index < -0.39 is 5.97 Å². The molecule has 0 aliphatic heterocycles. The summed E-state index contributed by atoms with van der Waals surface area (Å²) in [4.78, 5) is 12.4. The number of aliphatic carboxylic acids is 1. The van der Waals surface area contributed by atoms with Crippen LogP contribution in [0.25, 0.3) is 6.08 Å². The average molecular weight is 265 g/mol. The highest BCUT2D eigenvalue weighted by Gasteiger charge is 2.09. The number of hydrogen-bond acceptors (Lipinski definition) is 2. The second-order valence-corrected chi connectivity index (χ2v) is 4.32. The largest absolute Gasteiger partial charge is 0.478 e. The highest BCUT2D eigenvalue weighted by Crippen LogP contribution is 2.21. The maximum Gasteiger partial charge on any atom is 0.328 e. The predicted octanol–water partition coefficient (Wildman–Crippen LogP) is 3.55. The van der Waals surface area contributed by atoms with Crippen molar-refractivity contribution in [1.82, 2.24) is 0 Å². The minimum Gasteiger partial charge on any atom is -0.478 e. The monoisotopic (exact) mass is 265 g/mol. The fraction of sp³-hybridized carbons (Fsp3) is 0.400. The van der Waals surface area contributed by atoms with E-state index in [2.05, 4.69) is 6.92 Å². The van der Waals surface area contributed by atoms with E-state index in [-0.39, 0.29) is 5.82 Å². The van der Waals surface area contributed by atoms with Crippen molar-refractivity contribution in [1.29, 1.82) is 0 Å². The third-order valence-corrected chi connectivity index (χ3v) is 2.89. The Morgan fingerprint density at radius 3 is 2.68 bits per heavy atom. The molecule has 0 aromatic heterocycles. The van der Waals surface area contributed by atoms with Crippen molar-refractivity contribution in [3.05, 3.63) is 35.7 Å². The lowest BCUT2D eigenvalue weighted by atomic mass is 10.1. The Morgan fingerprint density at radius 2 is 2.16 bits per heavy atom. The Labute approximate surface area is 113 Å². The van der Waals surface area contributed by atoms with Crippen LogP contribution < -0.4 is 4.90 Å². The minimum atomic E-state index is -1.04. The summed E-state index contributed by atoms with van der Waals surface area (Å²) in [6, 6.07) is 4.80. The van der Waals surface area contributed by atoms with Gasteiger partial charge in [-0.25, -0.2) is 9.18 Å². The number of hydrogen-bond donors (Lipinski definition) is 1. The van der Waals surface area contributed by atoms with E-state index in [4.69, 9.17) is 5.11 Å². The molecule has 0 heterocycles. The van der Waals surface area contributed by atoms with Gasteiger partial charge in [0.15, 0.2) is 0 Å². The topological polar surface area (TPSA) is 40.5 Å². The molecule has 3 nitrogen and oxygen atoms in total. The number of carbonyl (C=O) groups is 1. The molecular weight excluding hydrogens is 245 g/mol. The van der Waals surface area contributed by atoms with Crippen molar-refractivity contribution in [2.45, 2.75) is 26.7 Å². The third-order valence-electron chi connectivity index (χ3n) is 2.89. The Hall–Kier alpha value is -1.84. The Morgan fingerprint density at radius 1 is 1.42 bits per heavy atom. The first-order valence-corrected chi connectivity index (χ1v) is 6.54. The maximum atomic E-state index is 14.0. The number of nitrogens with zero attached hydrogens (tertiary/aromatic N) is 1. The van der Waals surface area contributed by atoms with E-state index in [9.17, 15) is 9.18 Å². The van der Waals surface area contributed by atoms with Gasteiger partial charge in [0.1, 0.15) is 5.82 Å². The van der Waals surface area contributed by atoms with Gasteiger partial charge in [0.25, 0.3) is 0 Å². The van der Waals surface area contributed by atoms with Crippen LogP contribution in [0.2, 0.25) is 0 Å². The molecule has 0 atom stereocenters. The van der Waals surface area contributed by atoms with Crippen molar-refractivity contribution >= 4 is 17.7 Å². The molecule has 0 amide bonds. The smallest absolute Gasteiger partial charge is 0.328 e. The second-order valence-electron chi connectivity index (χ2n) is 4.32. The predicted molar refractivity (Wildman–Crippen MR) is 75.9 cm³/mol. The van der Waals surface area contributed by atoms with E-state index in [1.54, 1.807) is 12.1 Å². The molecule has 19 heavy (non-hydrogen) atoms. The first-order chi connectivity index (χ1) is 9.08. The first kappa shape index (κ1) is 15.2. The number of carboxylic acids is 1. The molecule has 4 heteroatoms. The number of carboxylic acid groups (broad SMARTS) is 1. The normalized spacial score (nSPS) is 10.9. The maximum absolute atomic E-state index is 14.0. The van der Waals surface area contributed by atoms with Gasteiger partial charge in [0, 0.05) is 19.2 Å². The number of halogens is 1. The zero-order valence-electron chi connectivity index (χ0n) is 11.4. The van der Waals surface area contributed by atoms with E-state index in [0.29, 0.717) is 11.3 Å². The van der Waals surface area contributed by atoms with Crippen molar-refractivity contribution in [3.8, 4) is 0 Å². The number of benzene rings is 1. The van der Waals surface area contributed by atoms with Crippen LogP contribution in [0.4, 0.5) is 10.1 Å². The Bertz CT molecular complexity index is 457. The lowest BCUT2D eigenvalue weighted by molar-refractivity contribution is -0.131. The van der Waals surface area contributed by atoms with E-state index in [0.717, 1.165) is 32.0 Å². The molecular formula is C15H20FNO2. The van der Waals surface area contributed by atoms with Gasteiger partial charge in [-0.1, -0.05) is 19.4 Å². The Balaban J connectivity index is 2.89. The second kappa shape index (κ2) is 7.56. The zero-order chi connectivity index (χ0) is 14.3. The van der Waals surface area contributed by atoms with Gasteiger partial charge in [0.05, 0.1) is 5.69 Å². The molecule has 0 unspecified atom stereocenters. The molecule has 0 aliphatic rings. The lowest BCUT2D eigenvalue weighted by Crippen LogP contribution is -2.24. The molecule has 1 aromatic rings. The van der Waals surface area contributed by atoms with Crippen LogP contribution in [0.1, 0.15) is 32.3 Å². The number of unbranched alkanes of at least 4 members (excludes halogenated alkanes) is 1. The summed E-state index contributed by atoms with van der Waals surface area (Å²) in [7, 11) is 0. The summed E-state index contributed by atoms with van der Waals surface area (Å²) >= 11 is 0. The summed E-state index contributed by atoms with van der Waals surface area (Å²) in [6.45, 7) is 5.67. The fourth-order valence-corrected chi connectivity index (χ4v) is 1.85. The van der Waals surface area contributed by atoms with Gasteiger partial charge in [-0.05, 0) is 37.1 Å². The summed E-state index contributed by atoms with van der Waals surface area (Å²) in [5.74, 6) is -1.35. The van der Waals surface area contributed by atoms with Crippen LogP contribution in [0.15, 0.2) is 24.3 Å². The van der Waals surface area contributed by atoms with Gasteiger partial charge in [0.2, 0.25) is 0 Å². The first-order valence-electron chi connectivity index (χ1n) is 6.54. The van der Waals surface area contributed by atoms with Crippen LogP contribution in [0, 0.1) is 5.82 Å². The Kier molecular flexibility index (Phi) is 6.06. The van der Waals surface area contributed by atoms with Crippen molar-refractivity contribution in [2.24, 2.45) is 0 Å². The molecule has 0 bridgehead atoms. The highest BCUT2D eigenvalue weighted by molar-refractivity contribution is 5.85. The quantitative estimate of drug-likeness (QED) is 0.766. The van der Waals surface area contributed by atoms with Crippen LogP contribution >= 0.6 is 0 Å². The van der Waals surface area contributed by atoms with E-state index >= 15 is 0 Å². The zero-order valence-corrected chi connectivity index (χ0v) is 11.4. The van der Waals surface area contributed by atoms with Crippen LogP contribution in [0.5, 0.6) is 0 Å². The van der Waals surface area contributed by atoms with Crippen molar-refractivity contribution in [2.75, 3.05) is 18.0 Å². The SMILES string of the molecule is CCCCN(CC)c1ccc(/C=C/C(=O)O)cc1F. The molecule has 0 aliphatic carbocycles. The van der Waals surface area contributed by atoms with Gasteiger partial charge in [-0.2, -0.15) is 0 Å². The molecule has 1 aromatic carbocycles. The van der Waals surface area contributed by atoms with Gasteiger partial charge >= 0.3 is 5.97 Å². The molecule has 1 rings (SSSR count). The lowest BCUT2D eigenvalue weighted by Gasteiger charge is -2.23.